The Morgan fingerprint density at radius 2 is 1.76 bits per heavy atom. The molecule has 29 heavy (non-hydrogen) atoms. The number of nitrogens with one attached hydrogen (secondary N) is 1. The fourth-order valence-electron chi connectivity index (χ4n) is 3.21. The van der Waals surface area contributed by atoms with Gasteiger partial charge < -0.3 is 14.5 Å². The number of methoxy groups -OCH3 is 1. The molecule has 1 N–H and O–H groups in total. The highest BCUT2D eigenvalue weighted by molar-refractivity contribution is 6.47. The number of halogens is 1. The maximum absolute atomic E-state index is 13.1. The lowest BCUT2D eigenvalue weighted by atomic mass is 10.0. The summed E-state index contributed by atoms with van der Waals surface area (Å²) in [5, 5.41) is 3.10. The Hall–Kier alpha value is -3.57. The second-order valence-corrected chi connectivity index (χ2v) is 6.86. The number of ketones is 1. The largest absolute Gasteiger partial charge is 0.497 e. The molecule has 6 heteroatoms. The zero-order valence-electron chi connectivity index (χ0n) is 15.6. The number of fused-ring (bicyclic) bond motifs is 1. The van der Waals surface area contributed by atoms with Crippen molar-refractivity contribution in [3.63, 3.8) is 0 Å². The van der Waals surface area contributed by atoms with E-state index < -0.39 is 11.7 Å². The highest BCUT2D eigenvalue weighted by Crippen LogP contribution is 2.30. The van der Waals surface area contributed by atoms with Crippen LogP contribution in [0.25, 0.3) is 16.6 Å². The van der Waals surface area contributed by atoms with E-state index in [2.05, 4.69) is 5.32 Å². The van der Waals surface area contributed by atoms with Crippen LogP contribution in [0, 0.1) is 0 Å². The van der Waals surface area contributed by atoms with E-state index >= 15 is 0 Å². The van der Waals surface area contributed by atoms with Gasteiger partial charge in [-0.2, -0.15) is 0 Å². The number of carbonyl (C=O) groups is 2. The Labute approximate surface area is 172 Å². The van der Waals surface area contributed by atoms with Gasteiger partial charge in [0.25, 0.3) is 11.7 Å². The van der Waals surface area contributed by atoms with Crippen molar-refractivity contribution in [3.8, 4) is 16.9 Å². The quantitative estimate of drug-likeness (QED) is 0.372. The fraction of sp³-hybridized carbons (Fsp3) is 0.0435. The number of Topliss-reactive ketones (excluding diaryl/α,β-unsaturated/α-hetero) is 1. The number of nitrogens with zero attached hydrogens (tertiary/aromatic N) is 1. The monoisotopic (exact) mass is 404 g/mol. The molecule has 0 fully saturated rings. The molecule has 4 aromatic rings. The summed E-state index contributed by atoms with van der Waals surface area (Å²) in [5.41, 5.74) is 3.06. The molecular formula is C23H17ClN2O3. The molecule has 0 saturated heterocycles. The maximum Gasteiger partial charge on any atom is 0.298 e. The summed E-state index contributed by atoms with van der Waals surface area (Å²) in [5.74, 6) is -0.656. The molecule has 1 amide bonds. The first-order valence-electron chi connectivity index (χ1n) is 8.92. The SMILES string of the molecule is COc1ccc(-c2cc3ccccn3c2C(=O)C(=O)Nc2cccc(Cl)c2)cc1. The van der Waals surface area contributed by atoms with Gasteiger partial charge in [-0.05, 0) is 54.1 Å². The van der Waals surface area contributed by atoms with Gasteiger partial charge in [0.2, 0.25) is 0 Å². The van der Waals surface area contributed by atoms with Crippen molar-refractivity contribution in [1.82, 2.24) is 4.40 Å². The average Bonchev–Trinajstić information content (AvgIpc) is 3.12. The Kier molecular flexibility index (Phi) is 5.06. The molecule has 0 atom stereocenters. The van der Waals surface area contributed by atoms with Gasteiger partial charge in [-0.25, -0.2) is 0 Å². The van der Waals surface area contributed by atoms with Crippen LogP contribution in [0.15, 0.2) is 79.0 Å². The molecule has 0 radical (unpaired) electrons. The highest BCUT2D eigenvalue weighted by atomic mass is 35.5. The van der Waals surface area contributed by atoms with Crippen molar-refractivity contribution in [1.29, 1.82) is 0 Å². The van der Waals surface area contributed by atoms with Crippen LogP contribution in [0.1, 0.15) is 10.5 Å². The Morgan fingerprint density at radius 3 is 2.48 bits per heavy atom. The number of amides is 1. The Balaban J connectivity index is 1.76. The van der Waals surface area contributed by atoms with Gasteiger partial charge in [0.15, 0.2) is 0 Å². The van der Waals surface area contributed by atoms with Gasteiger partial charge >= 0.3 is 0 Å². The number of benzene rings is 2. The fourth-order valence-corrected chi connectivity index (χ4v) is 3.40. The number of aromatic nitrogens is 1. The summed E-state index contributed by atoms with van der Waals surface area (Å²) in [7, 11) is 1.59. The Morgan fingerprint density at radius 1 is 0.966 bits per heavy atom. The molecule has 4 rings (SSSR count). The van der Waals surface area contributed by atoms with E-state index in [0.717, 1.165) is 11.1 Å². The molecule has 0 aliphatic rings. The third kappa shape index (κ3) is 3.73. The highest BCUT2D eigenvalue weighted by Gasteiger charge is 2.25. The molecule has 2 aromatic carbocycles. The summed E-state index contributed by atoms with van der Waals surface area (Å²) in [4.78, 5) is 25.8. The lowest BCUT2D eigenvalue weighted by molar-refractivity contribution is -0.112. The molecule has 0 spiro atoms. The minimum atomic E-state index is -0.731. The van der Waals surface area contributed by atoms with Crippen molar-refractivity contribution in [3.05, 3.63) is 89.7 Å². The zero-order valence-corrected chi connectivity index (χ0v) is 16.3. The number of hydrogen-bond donors (Lipinski definition) is 1. The van der Waals surface area contributed by atoms with Crippen molar-refractivity contribution < 1.29 is 14.3 Å². The predicted molar refractivity (Wildman–Crippen MR) is 114 cm³/mol. The summed E-state index contributed by atoms with van der Waals surface area (Å²) in [6.45, 7) is 0. The first kappa shape index (κ1) is 18.8. The number of pyridine rings is 1. The minimum absolute atomic E-state index is 0.297. The van der Waals surface area contributed by atoms with E-state index in [1.807, 2.05) is 48.5 Å². The average molecular weight is 405 g/mol. The van der Waals surface area contributed by atoms with Crippen LogP contribution in [0.4, 0.5) is 5.69 Å². The standard InChI is InChI=1S/C23H17ClN2O3/c1-29-19-10-8-15(9-11-19)20-14-18-7-2-3-12-26(18)21(20)22(27)23(28)25-17-6-4-5-16(24)13-17/h2-14H,1H3,(H,25,28). The van der Waals surface area contributed by atoms with E-state index in [1.165, 1.54) is 0 Å². The number of rotatable bonds is 5. The van der Waals surface area contributed by atoms with Crippen molar-refractivity contribution in [2.45, 2.75) is 0 Å². The summed E-state index contributed by atoms with van der Waals surface area (Å²) in [6, 6.07) is 21.5. The van der Waals surface area contributed by atoms with Gasteiger partial charge in [-0.3, -0.25) is 9.59 Å². The van der Waals surface area contributed by atoms with Gasteiger partial charge in [0, 0.05) is 28.0 Å². The van der Waals surface area contributed by atoms with Crippen LogP contribution in [0.3, 0.4) is 0 Å². The van der Waals surface area contributed by atoms with Crippen molar-refractivity contribution in [2.24, 2.45) is 0 Å². The number of ether oxygens (including phenoxy) is 1. The van der Waals surface area contributed by atoms with Gasteiger partial charge in [0.1, 0.15) is 11.4 Å². The predicted octanol–water partition coefficient (Wildman–Crippen LogP) is 5.09. The van der Waals surface area contributed by atoms with Crippen molar-refractivity contribution in [2.75, 3.05) is 12.4 Å². The van der Waals surface area contributed by atoms with E-state index in [0.29, 0.717) is 27.7 Å². The van der Waals surface area contributed by atoms with Gasteiger partial charge in [-0.1, -0.05) is 35.9 Å². The molecule has 2 aromatic heterocycles. The lowest BCUT2D eigenvalue weighted by Crippen LogP contribution is -2.24. The minimum Gasteiger partial charge on any atom is -0.497 e. The maximum atomic E-state index is 13.1. The van der Waals surface area contributed by atoms with E-state index in [9.17, 15) is 9.59 Å². The molecule has 0 bridgehead atoms. The molecule has 5 nitrogen and oxygen atoms in total. The van der Waals surface area contributed by atoms with Crippen LogP contribution >= 0.6 is 11.6 Å². The Bertz CT molecular complexity index is 1210. The van der Waals surface area contributed by atoms with E-state index in [1.54, 1.807) is 42.0 Å². The van der Waals surface area contributed by atoms with Crippen LogP contribution in [0.2, 0.25) is 5.02 Å². The molecular weight excluding hydrogens is 388 g/mol. The first-order valence-corrected chi connectivity index (χ1v) is 9.30. The lowest BCUT2D eigenvalue weighted by Gasteiger charge is -2.08. The third-order valence-electron chi connectivity index (χ3n) is 4.58. The molecule has 2 heterocycles. The zero-order chi connectivity index (χ0) is 20.4. The molecule has 0 saturated carbocycles. The summed E-state index contributed by atoms with van der Waals surface area (Å²) < 4.78 is 6.93. The molecule has 0 aliphatic heterocycles. The van der Waals surface area contributed by atoms with Crippen LogP contribution in [0.5, 0.6) is 5.75 Å². The number of hydrogen-bond acceptors (Lipinski definition) is 3. The van der Waals surface area contributed by atoms with Crippen molar-refractivity contribution >= 4 is 34.5 Å². The summed E-state index contributed by atoms with van der Waals surface area (Å²) in [6.07, 6.45) is 1.77. The van der Waals surface area contributed by atoms with E-state index in [4.69, 9.17) is 16.3 Å². The van der Waals surface area contributed by atoms with Gasteiger partial charge in [0.05, 0.1) is 7.11 Å². The number of carbonyl (C=O) groups excluding carboxylic acids is 2. The van der Waals surface area contributed by atoms with Crippen LogP contribution in [-0.4, -0.2) is 23.2 Å². The molecule has 0 unspecified atom stereocenters. The molecule has 144 valence electrons. The topological polar surface area (TPSA) is 59.8 Å². The second kappa shape index (κ2) is 7.81. The van der Waals surface area contributed by atoms with Crippen LogP contribution in [-0.2, 0) is 4.79 Å². The second-order valence-electron chi connectivity index (χ2n) is 6.42. The first-order chi connectivity index (χ1) is 14.1. The smallest absolute Gasteiger partial charge is 0.298 e. The third-order valence-corrected chi connectivity index (χ3v) is 4.82. The number of anilines is 1. The van der Waals surface area contributed by atoms with Gasteiger partial charge in [-0.15, -0.1) is 0 Å². The normalized spacial score (nSPS) is 10.7. The van der Waals surface area contributed by atoms with E-state index in [-0.39, 0.29) is 0 Å². The summed E-state index contributed by atoms with van der Waals surface area (Å²) >= 11 is 5.96. The van der Waals surface area contributed by atoms with Crippen LogP contribution < -0.4 is 10.1 Å². The molecule has 0 aliphatic carbocycles.